The molecular weight excluding hydrogens is 820 g/mol. The van der Waals surface area contributed by atoms with Crippen LogP contribution in [0.15, 0.2) is 0 Å². The molecule has 0 aromatic heterocycles. The van der Waals surface area contributed by atoms with E-state index >= 15 is 0 Å². The topological polar surface area (TPSA) is 105 Å². The minimum Gasteiger partial charge on any atom is -0.465 e. The van der Waals surface area contributed by atoms with Crippen LogP contribution in [-0.2, 0) is 55.2 Å². The summed E-state index contributed by atoms with van der Waals surface area (Å²) < 4.78 is 22.7. The quantitative estimate of drug-likeness (QED) is 0.0663. The molecule has 358 valence electrons. The maximum absolute atomic E-state index is 12.7. The summed E-state index contributed by atoms with van der Waals surface area (Å²) in [5, 5.41) is 0. The van der Waals surface area contributed by atoms with Crippen molar-refractivity contribution < 1.29 is 55.2 Å². The standard InChI is InChI=1S/C20H32O2.C14H20O4.C12H22O2.C5H10.2CH3.Fe/c1-5-19(3,4)18(21)22-20(6-2)11-14-10-15(20)17-13-8-7-12(9-13)16(14)17;1-4-14(2,3)13(16)18-10-7-5-8-9(6-7)12(15)17-11(8)10;1-4-12(2,3)11(13)14-9-10-7-5-6-8-10;1-2-4-5-3-1;;;/h12-17H,5-11H2,1-4H3;7-11H,4-6H2,1-3H3;10H,4-9H2,1-3H3;1-5H2;2*1H3;/q;;;;2*-1;+2. The third-order valence-corrected chi connectivity index (χ3v) is 17.9. The Hall–Kier alpha value is -1.60. The van der Waals surface area contributed by atoms with Crippen molar-refractivity contribution in [1.82, 2.24) is 0 Å². The van der Waals surface area contributed by atoms with E-state index in [9.17, 15) is 19.2 Å². The molecule has 8 saturated carbocycles. The van der Waals surface area contributed by atoms with Crippen LogP contribution in [0.2, 0.25) is 0 Å². The summed E-state index contributed by atoms with van der Waals surface area (Å²) in [5.74, 6) is 6.45. The molecule has 9 aliphatic rings. The average molecular weight is 911 g/mol. The van der Waals surface area contributed by atoms with Crippen molar-refractivity contribution in [3.63, 3.8) is 0 Å². The Morgan fingerprint density at radius 2 is 1.18 bits per heavy atom. The fourth-order valence-corrected chi connectivity index (χ4v) is 12.8. The average Bonchev–Trinajstić information content (AvgIpc) is 4.07. The van der Waals surface area contributed by atoms with Crippen LogP contribution >= 0.6 is 0 Å². The van der Waals surface area contributed by atoms with Crippen molar-refractivity contribution in [3.8, 4) is 0 Å². The molecule has 1 heterocycles. The summed E-state index contributed by atoms with van der Waals surface area (Å²) in [6.45, 7) is 20.7. The Morgan fingerprint density at radius 1 is 0.645 bits per heavy atom. The number of fused-ring (bicyclic) bond motifs is 10. The van der Waals surface area contributed by atoms with Crippen LogP contribution in [0.5, 0.6) is 0 Å². The summed E-state index contributed by atoms with van der Waals surface area (Å²) in [5.41, 5.74) is -1.22. The molecule has 9 heteroatoms. The summed E-state index contributed by atoms with van der Waals surface area (Å²) in [6, 6.07) is 0. The Bertz CT molecular complexity index is 1470. The van der Waals surface area contributed by atoms with Crippen LogP contribution in [0.25, 0.3) is 0 Å². The number of carbonyl (C=O) groups is 4. The van der Waals surface area contributed by atoms with Gasteiger partial charge in [0.2, 0.25) is 0 Å². The smallest absolute Gasteiger partial charge is 0.465 e. The Labute approximate surface area is 389 Å². The second-order valence-corrected chi connectivity index (χ2v) is 22.6. The molecule has 6 bridgehead atoms. The number of esters is 4. The van der Waals surface area contributed by atoms with E-state index in [1.807, 2.05) is 55.4 Å². The molecule has 1 saturated heterocycles. The zero-order chi connectivity index (χ0) is 42.9. The Kier molecular flexibility index (Phi) is 19.6. The molecule has 0 N–H and O–H groups in total. The van der Waals surface area contributed by atoms with Crippen LogP contribution in [0.3, 0.4) is 0 Å². The van der Waals surface area contributed by atoms with E-state index in [0.29, 0.717) is 30.3 Å². The van der Waals surface area contributed by atoms with Gasteiger partial charge in [-0.1, -0.05) is 72.6 Å². The van der Waals surface area contributed by atoms with Gasteiger partial charge in [-0.05, 0) is 161 Å². The first-order valence-corrected chi connectivity index (χ1v) is 24.7. The van der Waals surface area contributed by atoms with Crippen LogP contribution in [0, 0.1) is 90.3 Å². The first-order valence-electron chi connectivity index (χ1n) is 24.7. The zero-order valence-corrected chi connectivity index (χ0v) is 42.5. The van der Waals surface area contributed by atoms with Gasteiger partial charge in [-0.15, -0.1) is 0 Å². The predicted molar refractivity (Wildman–Crippen MR) is 244 cm³/mol. The Balaban J connectivity index is 0.000000233. The maximum Gasteiger partial charge on any atom is 2.00 e. The second kappa shape index (κ2) is 22.3. The van der Waals surface area contributed by atoms with Crippen LogP contribution in [0.1, 0.15) is 198 Å². The minimum absolute atomic E-state index is 0. The predicted octanol–water partition coefficient (Wildman–Crippen LogP) is 12.7. The molecule has 0 aromatic carbocycles. The van der Waals surface area contributed by atoms with E-state index in [1.165, 1.54) is 83.5 Å². The van der Waals surface area contributed by atoms with Gasteiger partial charge in [-0.3, -0.25) is 19.2 Å². The summed E-state index contributed by atoms with van der Waals surface area (Å²) >= 11 is 0. The number of ether oxygens (including phenoxy) is 4. The molecule has 0 amide bonds. The van der Waals surface area contributed by atoms with Crippen molar-refractivity contribution in [3.05, 3.63) is 14.9 Å². The fourth-order valence-electron chi connectivity index (χ4n) is 12.8. The van der Waals surface area contributed by atoms with Gasteiger partial charge in [0.1, 0.15) is 17.8 Å². The van der Waals surface area contributed by atoms with E-state index in [2.05, 4.69) is 13.8 Å². The van der Waals surface area contributed by atoms with Crippen LogP contribution in [0.4, 0.5) is 0 Å². The normalized spacial score (nSPS) is 35.3. The molecule has 62 heavy (non-hydrogen) atoms. The molecule has 8 aliphatic carbocycles. The van der Waals surface area contributed by atoms with Gasteiger partial charge in [0.05, 0.1) is 28.8 Å². The molecule has 0 radical (unpaired) electrons. The number of rotatable bonds is 11. The molecule has 12 atom stereocenters. The molecule has 12 unspecified atom stereocenters. The van der Waals surface area contributed by atoms with Crippen LogP contribution in [-0.4, -0.2) is 48.3 Å². The van der Waals surface area contributed by atoms with Gasteiger partial charge < -0.3 is 33.8 Å². The first kappa shape index (κ1) is 54.7. The second-order valence-electron chi connectivity index (χ2n) is 22.6. The number of hydrogen-bond donors (Lipinski definition) is 0. The van der Waals surface area contributed by atoms with Crippen molar-refractivity contribution in [2.24, 2.45) is 75.4 Å². The van der Waals surface area contributed by atoms with Crippen molar-refractivity contribution in [2.75, 3.05) is 6.61 Å². The largest absolute Gasteiger partial charge is 2.00 e. The van der Waals surface area contributed by atoms with Gasteiger partial charge in [0, 0.05) is 17.8 Å². The minimum atomic E-state index is -0.455. The monoisotopic (exact) mass is 911 g/mol. The van der Waals surface area contributed by atoms with Crippen LogP contribution < -0.4 is 0 Å². The van der Waals surface area contributed by atoms with E-state index in [4.69, 9.17) is 18.9 Å². The number of carbonyl (C=O) groups excluding carboxylic acids is 4. The summed E-state index contributed by atoms with van der Waals surface area (Å²) in [6.07, 6.45) is 24.4. The van der Waals surface area contributed by atoms with E-state index < -0.39 is 5.41 Å². The summed E-state index contributed by atoms with van der Waals surface area (Å²) in [7, 11) is 0. The van der Waals surface area contributed by atoms with E-state index in [0.717, 1.165) is 74.5 Å². The Morgan fingerprint density at radius 3 is 1.73 bits per heavy atom. The molecule has 1 aliphatic heterocycles. The zero-order valence-electron chi connectivity index (χ0n) is 41.4. The van der Waals surface area contributed by atoms with E-state index in [-0.39, 0.29) is 90.4 Å². The number of hydrogen-bond acceptors (Lipinski definition) is 8. The van der Waals surface area contributed by atoms with Crippen molar-refractivity contribution in [1.29, 1.82) is 0 Å². The molecule has 0 spiro atoms. The molecule has 9 fully saturated rings. The third-order valence-electron chi connectivity index (χ3n) is 17.9. The van der Waals surface area contributed by atoms with Gasteiger partial charge in [-0.2, -0.15) is 0 Å². The van der Waals surface area contributed by atoms with Crippen molar-refractivity contribution in [2.45, 2.75) is 215 Å². The summed E-state index contributed by atoms with van der Waals surface area (Å²) in [4.78, 5) is 48.1. The fraction of sp³-hybridized carbons (Fsp3) is 0.887. The molecule has 8 nitrogen and oxygen atoms in total. The van der Waals surface area contributed by atoms with Gasteiger partial charge in [0.15, 0.2) is 0 Å². The van der Waals surface area contributed by atoms with Gasteiger partial charge in [-0.25, -0.2) is 0 Å². The molecule has 0 aromatic rings. The van der Waals surface area contributed by atoms with Gasteiger partial charge >= 0.3 is 40.9 Å². The first-order chi connectivity index (χ1) is 27.9. The SMILES string of the molecule is C1CCCC1.CCC(C)(C)C(=O)OC1(CC)CC2CC1C1C3CCC(C3)C21.CCC(C)(C)C(=O)OC1C2CC3C(=O)OC1C3C2.CCC(C)(C)C(=O)OCC1CCCC1.[CH3-].[CH3-].[Fe+2]. The third kappa shape index (κ3) is 11.3. The van der Waals surface area contributed by atoms with Crippen molar-refractivity contribution >= 4 is 23.9 Å². The molecule has 9 rings (SSSR count). The van der Waals surface area contributed by atoms with Gasteiger partial charge in [0.25, 0.3) is 0 Å². The van der Waals surface area contributed by atoms with E-state index in [1.54, 1.807) is 0 Å². The molecular formula is C53H90FeO8. The maximum atomic E-state index is 12.7.